The number of aryl methyl sites for hydroxylation is 1. The van der Waals surface area contributed by atoms with Gasteiger partial charge < -0.3 is 19.9 Å². The number of rotatable bonds is 7. The number of nitrogens with zero attached hydrogens (tertiary/aromatic N) is 2. The van der Waals surface area contributed by atoms with E-state index in [2.05, 4.69) is 23.2 Å². The van der Waals surface area contributed by atoms with Gasteiger partial charge in [0.2, 0.25) is 11.8 Å². The van der Waals surface area contributed by atoms with Crippen molar-refractivity contribution < 1.29 is 14.2 Å². The predicted octanol–water partition coefficient (Wildman–Crippen LogP) is 3.38. The van der Waals surface area contributed by atoms with Gasteiger partial charge in [0.15, 0.2) is 11.5 Å². The Balaban J connectivity index is 2.11. The largest absolute Gasteiger partial charge is 0.493 e. The molecule has 0 saturated carbocycles. The lowest BCUT2D eigenvalue weighted by atomic mass is 9.83. The van der Waals surface area contributed by atoms with Crippen LogP contribution < -0.4 is 19.9 Å². The summed E-state index contributed by atoms with van der Waals surface area (Å²) >= 11 is 0. The summed E-state index contributed by atoms with van der Waals surface area (Å²) in [4.78, 5) is 0. The van der Waals surface area contributed by atoms with Gasteiger partial charge in [-0.2, -0.15) is 5.26 Å². The number of ether oxygens (including phenoxy) is 3. The quantitative estimate of drug-likeness (QED) is 0.776. The molecule has 27 heavy (non-hydrogen) atoms. The summed E-state index contributed by atoms with van der Waals surface area (Å²) in [6.07, 6.45) is 2.65. The van der Waals surface area contributed by atoms with E-state index < -0.39 is 0 Å². The van der Waals surface area contributed by atoms with Gasteiger partial charge in [-0.1, -0.05) is 26.3 Å². The molecule has 0 radical (unpaired) electrons. The molecular weight excluding hydrogens is 344 g/mol. The molecule has 142 valence electrons. The number of nitriles is 1. The molecule has 7 nitrogen and oxygen atoms in total. The van der Waals surface area contributed by atoms with Gasteiger partial charge in [0.25, 0.3) is 0 Å². The lowest BCUT2D eigenvalue weighted by Crippen LogP contribution is -2.21. The molecule has 0 fully saturated rings. The molecule has 3 rings (SSSR count). The van der Waals surface area contributed by atoms with Crippen LogP contribution in [0.15, 0.2) is 29.7 Å². The molecule has 0 amide bonds. The van der Waals surface area contributed by atoms with Crippen LogP contribution in [0, 0.1) is 11.3 Å². The van der Waals surface area contributed by atoms with E-state index in [1.165, 1.54) is 0 Å². The Morgan fingerprint density at radius 1 is 1.30 bits per heavy atom. The zero-order chi connectivity index (χ0) is 19.4. The van der Waals surface area contributed by atoms with Crippen molar-refractivity contribution in [1.29, 1.82) is 5.26 Å². The number of nitrogens with two attached hydrogens (primary N) is 1. The number of hydrogen-bond donors (Lipinski definition) is 2. The van der Waals surface area contributed by atoms with Gasteiger partial charge in [-0.15, -0.1) is 5.10 Å². The highest BCUT2D eigenvalue weighted by Gasteiger charge is 2.35. The van der Waals surface area contributed by atoms with Crippen LogP contribution in [0.4, 0.5) is 0 Å². The van der Waals surface area contributed by atoms with Gasteiger partial charge in [0.05, 0.1) is 19.6 Å². The van der Waals surface area contributed by atoms with E-state index in [4.69, 9.17) is 19.9 Å². The van der Waals surface area contributed by atoms with Gasteiger partial charge in [0.1, 0.15) is 11.6 Å². The molecule has 3 N–H and O–H groups in total. The van der Waals surface area contributed by atoms with Crippen molar-refractivity contribution in [2.24, 2.45) is 5.73 Å². The summed E-state index contributed by atoms with van der Waals surface area (Å²) in [5.74, 6) is 1.42. The standard InChI is InChI=1S/C20H24N4O3/c1-4-6-14-18-17(13(11-21)19(22)27-20(18)24-23-14)12-7-8-15(26-9-5-2)16(10-12)25-3/h7-8,10,17H,4-6,9,22H2,1-3H3,(H,23,24)/t17-/m1/s1. The van der Waals surface area contributed by atoms with Crippen LogP contribution in [0.5, 0.6) is 17.4 Å². The molecule has 1 aliphatic rings. The van der Waals surface area contributed by atoms with Crippen LogP contribution >= 0.6 is 0 Å². The number of nitrogens with one attached hydrogen (secondary N) is 1. The second kappa shape index (κ2) is 8.04. The second-order valence-corrected chi connectivity index (χ2v) is 6.35. The minimum absolute atomic E-state index is 0.0785. The highest BCUT2D eigenvalue weighted by Crippen LogP contribution is 2.44. The third-order valence-electron chi connectivity index (χ3n) is 4.50. The monoisotopic (exact) mass is 368 g/mol. The Morgan fingerprint density at radius 3 is 2.78 bits per heavy atom. The van der Waals surface area contributed by atoms with E-state index in [0.717, 1.165) is 36.1 Å². The molecule has 0 bridgehead atoms. The number of benzene rings is 1. The molecule has 0 aliphatic carbocycles. The van der Waals surface area contributed by atoms with Crippen molar-refractivity contribution in [3.63, 3.8) is 0 Å². The zero-order valence-corrected chi connectivity index (χ0v) is 15.8. The first-order chi connectivity index (χ1) is 13.1. The van der Waals surface area contributed by atoms with Gasteiger partial charge in [-0.05, 0) is 30.5 Å². The fourth-order valence-electron chi connectivity index (χ4n) is 3.28. The van der Waals surface area contributed by atoms with Gasteiger partial charge >= 0.3 is 0 Å². The molecular formula is C20H24N4O3. The van der Waals surface area contributed by atoms with Crippen LogP contribution in [-0.2, 0) is 6.42 Å². The fourth-order valence-corrected chi connectivity index (χ4v) is 3.28. The van der Waals surface area contributed by atoms with Gasteiger partial charge in [-0.25, -0.2) is 0 Å². The first kappa shape index (κ1) is 18.6. The minimum Gasteiger partial charge on any atom is -0.493 e. The third-order valence-corrected chi connectivity index (χ3v) is 4.50. The Labute approximate surface area is 158 Å². The maximum absolute atomic E-state index is 9.72. The maximum atomic E-state index is 9.72. The zero-order valence-electron chi connectivity index (χ0n) is 15.8. The number of fused-ring (bicyclic) bond motifs is 1. The predicted molar refractivity (Wildman–Crippen MR) is 101 cm³/mol. The summed E-state index contributed by atoms with van der Waals surface area (Å²) in [5, 5.41) is 17.0. The molecule has 1 aromatic carbocycles. The van der Waals surface area contributed by atoms with E-state index in [1.54, 1.807) is 7.11 Å². The smallest absolute Gasteiger partial charge is 0.244 e. The molecule has 1 aromatic heterocycles. The Bertz CT molecular complexity index is 895. The molecule has 1 aliphatic heterocycles. The van der Waals surface area contributed by atoms with Crippen molar-refractivity contribution in [1.82, 2.24) is 10.2 Å². The lowest BCUT2D eigenvalue weighted by Gasteiger charge is -2.24. The minimum atomic E-state index is -0.367. The number of aromatic nitrogens is 2. The maximum Gasteiger partial charge on any atom is 0.244 e. The summed E-state index contributed by atoms with van der Waals surface area (Å²) < 4.78 is 16.8. The number of hydrogen-bond acceptors (Lipinski definition) is 6. The highest BCUT2D eigenvalue weighted by atomic mass is 16.5. The van der Waals surface area contributed by atoms with E-state index in [1.807, 2.05) is 25.1 Å². The fraction of sp³-hybridized carbons (Fsp3) is 0.400. The van der Waals surface area contributed by atoms with Crippen LogP contribution in [-0.4, -0.2) is 23.9 Å². The number of H-pyrrole nitrogens is 1. The molecule has 7 heteroatoms. The Kier molecular flexibility index (Phi) is 5.55. The first-order valence-electron chi connectivity index (χ1n) is 9.09. The highest BCUT2D eigenvalue weighted by molar-refractivity contribution is 5.57. The van der Waals surface area contributed by atoms with Crippen LogP contribution in [0.3, 0.4) is 0 Å². The van der Waals surface area contributed by atoms with E-state index in [-0.39, 0.29) is 11.8 Å². The summed E-state index contributed by atoms with van der Waals surface area (Å²) in [5.41, 5.74) is 9.05. The van der Waals surface area contributed by atoms with E-state index in [0.29, 0.717) is 29.6 Å². The Morgan fingerprint density at radius 2 is 2.11 bits per heavy atom. The number of methoxy groups -OCH3 is 1. The molecule has 0 spiro atoms. The molecule has 0 saturated heterocycles. The molecule has 0 unspecified atom stereocenters. The van der Waals surface area contributed by atoms with E-state index in [9.17, 15) is 5.26 Å². The Hall–Kier alpha value is -3.14. The van der Waals surface area contributed by atoms with Crippen molar-refractivity contribution in [2.45, 2.75) is 39.0 Å². The average Bonchev–Trinajstić information content (AvgIpc) is 3.07. The SMILES string of the molecule is CCCOc1ccc([C@@H]2C(C#N)=C(N)Oc3n[nH]c(CCC)c32)cc1OC. The normalized spacial score (nSPS) is 15.7. The van der Waals surface area contributed by atoms with Crippen molar-refractivity contribution >= 4 is 0 Å². The first-order valence-corrected chi connectivity index (χ1v) is 9.09. The van der Waals surface area contributed by atoms with Crippen molar-refractivity contribution in [3.8, 4) is 23.4 Å². The molecule has 2 aromatic rings. The second-order valence-electron chi connectivity index (χ2n) is 6.35. The van der Waals surface area contributed by atoms with Gasteiger partial charge in [0, 0.05) is 11.3 Å². The number of allylic oxidation sites excluding steroid dienone is 1. The van der Waals surface area contributed by atoms with E-state index >= 15 is 0 Å². The molecule has 1 atom stereocenters. The lowest BCUT2D eigenvalue weighted by molar-refractivity contribution is 0.294. The summed E-state index contributed by atoms with van der Waals surface area (Å²) in [7, 11) is 1.60. The average molecular weight is 368 g/mol. The van der Waals surface area contributed by atoms with Crippen molar-refractivity contribution in [3.05, 3.63) is 46.5 Å². The van der Waals surface area contributed by atoms with Gasteiger partial charge in [-0.3, -0.25) is 5.10 Å². The number of aromatic amines is 1. The van der Waals surface area contributed by atoms with Crippen LogP contribution in [0.25, 0.3) is 0 Å². The van der Waals surface area contributed by atoms with Crippen LogP contribution in [0.2, 0.25) is 0 Å². The van der Waals surface area contributed by atoms with Crippen LogP contribution in [0.1, 0.15) is 49.4 Å². The summed E-state index contributed by atoms with van der Waals surface area (Å²) in [6.45, 7) is 4.74. The van der Waals surface area contributed by atoms with Crippen molar-refractivity contribution in [2.75, 3.05) is 13.7 Å². The topological polar surface area (TPSA) is 106 Å². The summed E-state index contributed by atoms with van der Waals surface area (Å²) in [6, 6.07) is 7.89. The molecule has 2 heterocycles. The third kappa shape index (κ3) is 3.43.